The first-order valence-corrected chi connectivity index (χ1v) is 8.82. The molecule has 1 aromatic carbocycles. The summed E-state index contributed by atoms with van der Waals surface area (Å²) in [6, 6.07) is 1.51. The Labute approximate surface area is 159 Å². The summed E-state index contributed by atoms with van der Waals surface area (Å²) in [6.45, 7) is -0.406. The van der Waals surface area contributed by atoms with Gasteiger partial charge >= 0.3 is 0 Å². The maximum Gasteiger partial charge on any atom is 0.262 e. The second-order valence-corrected chi connectivity index (χ2v) is 7.09. The zero-order chi connectivity index (χ0) is 20.5. The van der Waals surface area contributed by atoms with E-state index in [0.29, 0.717) is 6.07 Å². The zero-order valence-corrected chi connectivity index (χ0v) is 15.3. The van der Waals surface area contributed by atoms with E-state index in [2.05, 4.69) is 5.32 Å². The van der Waals surface area contributed by atoms with Gasteiger partial charge in [0.1, 0.15) is 18.2 Å². The van der Waals surface area contributed by atoms with Crippen LogP contribution in [0.25, 0.3) is 0 Å². The molecule has 0 saturated carbocycles. The lowest BCUT2D eigenvalue weighted by Gasteiger charge is -2.45. The van der Waals surface area contributed by atoms with Gasteiger partial charge in [-0.1, -0.05) is 6.07 Å². The number of likely N-dealkylation sites (tertiary alicyclic amines) is 2. The summed E-state index contributed by atoms with van der Waals surface area (Å²) in [4.78, 5) is 27.1. The zero-order valence-electron chi connectivity index (χ0n) is 15.3. The van der Waals surface area contributed by atoms with Crippen LogP contribution in [0.3, 0.4) is 0 Å². The molecule has 6 nitrogen and oxygen atoms in total. The van der Waals surface area contributed by atoms with Gasteiger partial charge in [-0.2, -0.15) is 0 Å². The molecule has 0 aromatic heterocycles. The van der Waals surface area contributed by atoms with E-state index in [1.807, 2.05) is 0 Å². The van der Waals surface area contributed by atoms with Crippen molar-refractivity contribution < 1.29 is 31.9 Å². The van der Waals surface area contributed by atoms with Crippen LogP contribution in [-0.2, 0) is 20.9 Å². The number of hydrogen-bond acceptors (Lipinski definition) is 4. The number of amides is 2. The maximum atomic E-state index is 14.0. The summed E-state index contributed by atoms with van der Waals surface area (Å²) >= 11 is 0. The number of nitrogens with one attached hydrogen (secondary N) is 1. The van der Waals surface area contributed by atoms with Gasteiger partial charge in [-0.05, 0) is 6.07 Å². The van der Waals surface area contributed by atoms with Crippen molar-refractivity contribution in [3.8, 4) is 0 Å². The third kappa shape index (κ3) is 4.44. The molecule has 2 aliphatic heterocycles. The average molecular weight is 403 g/mol. The summed E-state index contributed by atoms with van der Waals surface area (Å²) in [6.07, 6.45) is -0.646. The van der Waals surface area contributed by atoms with Crippen molar-refractivity contribution in [2.75, 3.05) is 33.4 Å². The highest BCUT2D eigenvalue weighted by Crippen LogP contribution is 2.35. The molecule has 0 unspecified atom stereocenters. The summed E-state index contributed by atoms with van der Waals surface area (Å²) in [5.41, 5.74) is 0.0611. The largest absolute Gasteiger partial charge is 0.375 e. The number of carbonyl (C=O) groups excluding carboxylic acids is 2. The minimum absolute atomic E-state index is 0.0611. The molecule has 2 heterocycles. The summed E-state index contributed by atoms with van der Waals surface area (Å²) in [5, 5.41) is 2.45. The molecule has 2 amide bonds. The van der Waals surface area contributed by atoms with Gasteiger partial charge in [0.05, 0.1) is 12.6 Å². The number of benzene rings is 1. The molecular formula is C18H21F4N3O3. The fourth-order valence-corrected chi connectivity index (χ4v) is 3.52. The van der Waals surface area contributed by atoms with Crippen LogP contribution < -0.4 is 5.32 Å². The molecule has 2 aliphatic rings. The van der Waals surface area contributed by atoms with Crippen molar-refractivity contribution in [1.29, 1.82) is 0 Å². The molecule has 0 spiro atoms. The number of methoxy groups -OCH3 is 1. The Kier molecular flexibility index (Phi) is 5.90. The van der Waals surface area contributed by atoms with Crippen LogP contribution in [0.5, 0.6) is 0 Å². The Morgan fingerprint density at radius 1 is 1.29 bits per heavy atom. The minimum Gasteiger partial charge on any atom is -0.375 e. The van der Waals surface area contributed by atoms with Gasteiger partial charge in [0.15, 0.2) is 0 Å². The third-order valence-corrected chi connectivity index (χ3v) is 5.03. The molecule has 2 saturated heterocycles. The standard InChI is InChI=1S/C18H21F4N3O3/c1-28-9-16(26)24-7-13(8-24)25-10-18(21,22)5-15(25)17(27)23-6-11-2-3-12(19)4-14(11)20/h2-4,13,15H,5-10H2,1H3,(H,23,27)/t15-/m0/s1. The lowest BCUT2D eigenvalue weighted by Crippen LogP contribution is -2.64. The van der Waals surface area contributed by atoms with Crippen LogP contribution in [-0.4, -0.2) is 73.0 Å². The first-order valence-electron chi connectivity index (χ1n) is 8.82. The normalized spacial score (nSPS) is 22.2. The monoisotopic (exact) mass is 403 g/mol. The summed E-state index contributed by atoms with van der Waals surface area (Å²) < 4.78 is 59.3. The molecule has 0 aliphatic carbocycles. The van der Waals surface area contributed by atoms with E-state index in [-0.39, 0.29) is 43.8 Å². The summed E-state index contributed by atoms with van der Waals surface area (Å²) in [5.74, 6) is -5.48. The number of halogens is 4. The average Bonchev–Trinajstić information content (AvgIpc) is 2.88. The topological polar surface area (TPSA) is 61.9 Å². The highest BCUT2D eigenvalue weighted by atomic mass is 19.3. The van der Waals surface area contributed by atoms with Crippen molar-refractivity contribution >= 4 is 11.8 Å². The lowest BCUT2D eigenvalue weighted by molar-refractivity contribution is -0.144. The van der Waals surface area contributed by atoms with Gasteiger partial charge in [0.2, 0.25) is 11.8 Å². The van der Waals surface area contributed by atoms with Crippen LogP contribution in [0.4, 0.5) is 17.6 Å². The van der Waals surface area contributed by atoms with Crippen LogP contribution in [0.1, 0.15) is 12.0 Å². The van der Waals surface area contributed by atoms with Gasteiger partial charge < -0.3 is 15.0 Å². The van der Waals surface area contributed by atoms with Gasteiger partial charge in [0, 0.05) is 50.8 Å². The smallest absolute Gasteiger partial charge is 0.262 e. The van der Waals surface area contributed by atoms with E-state index >= 15 is 0 Å². The first-order chi connectivity index (χ1) is 13.2. The van der Waals surface area contributed by atoms with E-state index in [1.165, 1.54) is 23.0 Å². The van der Waals surface area contributed by atoms with Gasteiger partial charge in [-0.25, -0.2) is 17.6 Å². The minimum atomic E-state index is -3.03. The first kappa shape index (κ1) is 20.5. The second-order valence-electron chi connectivity index (χ2n) is 7.09. The second kappa shape index (κ2) is 8.04. The predicted molar refractivity (Wildman–Crippen MR) is 90.5 cm³/mol. The molecule has 1 atom stereocenters. The SMILES string of the molecule is COCC(=O)N1CC(N2CC(F)(F)C[C@H]2C(=O)NCc2ccc(F)cc2F)C1. The molecule has 0 bridgehead atoms. The van der Waals surface area contributed by atoms with E-state index in [9.17, 15) is 27.2 Å². The van der Waals surface area contributed by atoms with E-state index in [1.54, 1.807) is 0 Å². The van der Waals surface area contributed by atoms with E-state index in [4.69, 9.17) is 4.74 Å². The van der Waals surface area contributed by atoms with Crippen molar-refractivity contribution in [1.82, 2.24) is 15.1 Å². The Morgan fingerprint density at radius 3 is 2.64 bits per heavy atom. The third-order valence-electron chi connectivity index (χ3n) is 5.03. The molecule has 1 aromatic rings. The molecule has 10 heteroatoms. The molecular weight excluding hydrogens is 382 g/mol. The Morgan fingerprint density at radius 2 is 2.00 bits per heavy atom. The lowest BCUT2D eigenvalue weighted by atomic mass is 10.1. The number of rotatable bonds is 6. The number of nitrogens with zero attached hydrogens (tertiary/aromatic N) is 2. The molecule has 3 rings (SSSR count). The Hall–Kier alpha value is -2.20. The number of hydrogen-bond donors (Lipinski definition) is 1. The quantitative estimate of drug-likeness (QED) is 0.724. The fraction of sp³-hybridized carbons (Fsp3) is 0.556. The van der Waals surface area contributed by atoms with Crippen LogP contribution >= 0.6 is 0 Å². The molecule has 28 heavy (non-hydrogen) atoms. The Bertz CT molecular complexity index is 756. The highest BCUT2D eigenvalue weighted by molar-refractivity contribution is 5.82. The predicted octanol–water partition coefficient (Wildman–Crippen LogP) is 1.15. The van der Waals surface area contributed by atoms with E-state index in [0.717, 1.165) is 6.07 Å². The maximum absolute atomic E-state index is 14.0. The van der Waals surface area contributed by atoms with Gasteiger partial charge in [-0.3, -0.25) is 14.5 Å². The van der Waals surface area contributed by atoms with Gasteiger partial charge in [-0.15, -0.1) is 0 Å². The number of carbonyl (C=O) groups is 2. The van der Waals surface area contributed by atoms with Crippen molar-refractivity contribution in [2.24, 2.45) is 0 Å². The van der Waals surface area contributed by atoms with Crippen LogP contribution in [0.2, 0.25) is 0 Å². The highest BCUT2D eigenvalue weighted by Gasteiger charge is 2.52. The molecule has 2 fully saturated rings. The summed E-state index contributed by atoms with van der Waals surface area (Å²) in [7, 11) is 1.39. The number of ether oxygens (including phenoxy) is 1. The van der Waals surface area contributed by atoms with Crippen LogP contribution in [0, 0.1) is 11.6 Å². The molecule has 0 radical (unpaired) electrons. The molecule has 1 N–H and O–H groups in total. The Balaban J connectivity index is 1.60. The fourth-order valence-electron chi connectivity index (χ4n) is 3.52. The van der Waals surface area contributed by atoms with Crippen molar-refractivity contribution in [3.63, 3.8) is 0 Å². The van der Waals surface area contributed by atoms with E-state index < -0.39 is 42.5 Å². The van der Waals surface area contributed by atoms with Crippen molar-refractivity contribution in [3.05, 3.63) is 35.4 Å². The van der Waals surface area contributed by atoms with Crippen LogP contribution in [0.15, 0.2) is 18.2 Å². The van der Waals surface area contributed by atoms with Crippen molar-refractivity contribution in [2.45, 2.75) is 31.0 Å². The molecule has 154 valence electrons. The van der Waals surface area contributed by atoms with Gasteiger partial charge in [0.25, 0.3) is 5.92 Å². The number of alkyl halides is 2.